The fourth-order valence-corrected chi connectivity index (χ4v) is 12.1. The molecule has 0 amide bonds. The van der Waals surface area contributed by atoms with E-state index in [-0.39, 0.29) is 23.3 Å². The second kappa shape index (κ2) is 22.0. The van der Waals surface area contributed by atoms with E-state index in [0.717, 1.165) is 86.5 Å². The molecule has 0 radical (unpaired) electrons. The van der Waals surface area contributed by atoms with Crippen LogP contribution >= 0.6 is 6.26 Å². The lowest BCUT2D eigenvalue weighted by Crippen LogP contribution is -2.19. The van der Waals surface area contributed by atoms with E-state index in [1.54, 1.807) is 24.3 Å². The van der Waals surface area contributed by atoms with Gasteiger partial charge in [0, 0.05) is 34.6 Å². The molecule has 11 heteroatoms. The topological polar surface area (TPSA) is 57.2 Å². The van der Waals surface area contributed by atoms with Crippen molar-refractivity contribution < 1.29 is 41.4 Å². The summed E-state index contributed by atoms with van der Waals surface area (Å²) in [6, 6.07) is 14.2. The molecule has 4 aromatic carbocycles. The summed E-state index contributed by atoms with van der Waals surface area (Å²) in [5.41, 5.74) is 2.37. The number of hydrogen-bond donors (Lipinski definition) is 1. The molecule has 0 saturated heterocycles. The summed E-state index contributed by atoms with van der Waals surface area (Å²) in [5, 5.41) is 0. The van der Waals surface area contributed by atoms with E-state index in [1.807, 2.05) is 24.3 Å². The quantitative estimate of drug-likeness (QED) is 0.0686. The fourth-order valence-electron chi connectivity index (χ4n) is 9.86. The lowest BCUT2D eigenvalue weighted by atomic mass is 9.79. The molecule has 0 unspecified atom stereocenters. The highest BCUT2D eigenvalue weighted by Crippen LogP contribution is 2.49. The second-order valence-corrected chi connectivity index (χ2v) is 28.5. The summed E-state index contributed by atoms with van der Waals surface area (Å²) in [6.07, 6.45) is 9.02. The Balaban J connectivity index is 1.10. The molecular formula is C58H79F4O5PS. The molecule has 0 spiro atoms. The van der Waals surface area contributed by atoms with Gasteiger partial charge in [0.1, 0.15) is 23.0 Å². The molecule has 2 fully saturated rings. The number of benzene rings is 4. The molecule has 5 nitrogen and oxygen atoms in total. The Morgan fingerprint density at radius 3 is 1.09 bits per heavy atom. The van der Waals surface area contributed by atoms with Crippen molar-refractivity contribution in [3.8, 4) is 34.5 Å². The van der Waals surface area contributed by atoms with E-state index in [2.05, 4.69) is 83.1 Å². The van der Waals surface area contributed by atoms with Gasteiger partial charge >= 0.3 is 0 Å². The van der Waals surface area contributed by atoms with E-state index >= 15 is 17.6 Å². The van der Waals surface area contributed by atoms with Gasteiger partial charge in [-0.05, 0) is 120 Å². The third-order valence-corrected chi connectivity index (χ3v) is 17.0. The molecule has 4 aromatic rings. The summed E-state index contributed by atoms with van der Waals surface area (Å²) in [4.78, 5) is 11.4. The minimum absolute atomic E-state index is 0.0216. The number of rotatable bonds is 16. The van der Waals surface area contributed by atoms with Gasteiger partial charge in [-0.15, -0.1) is 0 Å². The van der Waals surface area contributed by atoms with Crippen molar-refractivity contribution in [2.24, 2.45) is 0 Å². The summed E-state index contributed by atoms with van der Waals surface area (Å²) in [6.45, 7) is 25.3. The zero-order valence-electron chi connectivity index (χ0n) is 43.5. The summed E-state index contributed by atoms with van der Waals surface area (Å²) < 4.78 is 88.3. The smallest absolute Gasteiger partial charge is 0.201 e. The molecule has 0 aromatic heterocycles. The minimum Gasteiger partial charge on any atom is -0.494 e. The van der Waals surface area contributed by atoms with Crippen molar-refractivity contribution in [2.75, 3.05) is 25.5 Å². The second-order valence-electron chi connectivity index (χ2n) is 23.8. The molecule has 0 aliphatic heterocycles. The largest absolute Gasteiger partial charge is 0.494 e. The Morgan fingerprint density at radius 2 is 0.797 bits per heavy atom. The fraction of sp³-hybridized carbons (Fsp3) is 0.586. The van der Waals surface area contributed by atoms with E-state index in [4.69, 9.17) is 30.8 Å². The van der Waals surface area contributed by atoms with Crippen LogP contribution in [0.4, 0.5) is 17.6 Å². The van der Waals surface area contributed by atoms with Gasteiger partial charge < -0.3 is 23.8 Å². The first-order valence-electron chi connectivity index (χ1n) is 25.4. The van der Waals surface area contributed by atoms with E-state index in [9.17, 15) is 4.89 Å². The van der Waals surface area contributed by atoms with E-state index in [0.29, 0.717) is 72.5 Å². The Kier molecular flexibility index (Phi) is 17.5. The normalized spacial score (nSPS) is 15.9. The molecule has 2 saturated carbocycles. The Hall–Kier alpha value is -3.59. The van der Waals surface area contributed by atoms with Gasteiger partial charge in [-0.2, -0.15) is 8.78 Å². The molecule has 69 heavy (non-hydrogen) atoms. The lowest BCUT2D eigenvalue weighted by Gasteiger charge is -2.31. The third kappa shape index (κ3) is 13.9. The monoisotopic (exact) mass is 995 g/mol. The third-order valence-electron chi connectivity index (χ3n) is 13.9. The van der Waals surface area contributed by atoms with Crippen LogP contribution in [-0.4, -0.2) is 30.4 Å². The molecule has 1 N–H and O–H groups in total. The van der Waals surface area contributed by atoms with Crippen LogP contribution in [0.1, 0.15) is 205 Å². The van der Waals surface area contributed by atoms with Crippen molar-refractivity contribution in [2.45, 2.75) is 194 Å². The van der Waals surface area contributed by atoms with Crippen LogP contribution in [0.2, 0.25) is 0 Å². The predicted molar refractivity (Wildman–Crippen MR) is 279 cm³/mol. The Labute approximate surface area is 416 Å². The van der Waals surface area contributed by atoms with Gasteiger partial charge in [0.05, 0.1) is 19.5 Å². The lowest BCUT2D eigenvalue weighted by molar-refractivity contribution is 0.311. The van der Waals surface area contributed by atoms with Crippen LogP contribution in [0.5, 0.6) is 34.5 Å². The van der Waals surface area contributed by atoms with Gasteiger partial charge in [-0.3, -0.25) is 0 Å². The van der Waals surface area contributed by atoms with Gasteiger partial charge in [-0.25, -0.2) is 8.78 Å². The average Bonchev–Trinajstić information content (AvgIpc) is 3.27. The van der Waals surface area contributed by atoms with Gasteiger partial charge in [0.25, 0.3) is 0 Å². The van der Waals surface area contributed by atoms with Crippen LogP contribution < -0.4 is 18.9 Å². The van der Waals surface area contributed by atoms with Crippen LogP contribution in [0.3, 0.4) is 0 Å². The van der Waals surface area contributed by atoms with Crippen molar-refractivity contribution in [1.29, 1.82) is 0 Å². The van der Waals surface area contributed by atoms with Crippen LogP contribution in [0, 0.1) is 23.3 Å². The van der Waals surface area contributed by atoms with Crippen LogP contribution in [-0.2, 0) is 33.5 Å². The molecule has 2 aliphatic rings. The summed E-state index contributed by atoms with van der Waals surface area (Å²) in [7, 11) is 0. The van der Waals surface area contributed by atoms with Gasteiger partial charge in [0.15, 0.2) is 23.1 Å². The van der Waals surface area contributed by atoms with Crippen molar-refractivity contribution in [1.82, 2.24) is 0 Å². The first-order valence-corrected chi connectivity index (χ1v) is 28.5. The van der Waals surface area contributed by atoms with Crippen molar-refractivity contribution >= 4 is 18.1 Å². The molecule has 2 aliphatic carbocycles. The molecule has 0 atom stereocenters. The first-order chi connectivity index (χ1) is 32.2. The highest BCUT2D eigenvalue weighted by atomic mass is 32.4. The maximum atomic E-state index is 15.8. The number of ether oxygens (including phenoxy) is 4. The maximum Gasteiger partial charge on any atom is 0.201 e. The summed E-state index contributed by atoms with van der Waals surface area (Å²) >= 11 is 5.78. The highest BCUT2D eigenvalue weighted by molar-refractivity contribution is 8.11. The van der Waals surface area contributed by atoms with Crippen LogP contribution in [0.25, 0.3) is 0 Å². The number of halogens is 4. The Bertz CT molecular complexity index is 2230. The Morgan fingerprint density at radius 1 is 0.493 bits per heavy atom. The first kappa shape index (κ1) is 54.7. The number of hydrogen-bond acceptors (Lipinski definition) is 5. The van der Waals surface area contributed by atoms with Gasteiger partial charge in [-0.1, -0.05) is 146 Å². The zero-order valence-corrected chi connectivity index (χ0v) is 45.2. The van der Waals surface area contributed by atoms with E-state index < -0.39 is 51.2 Å². The molecule has 380 valence electrons. The maximum absolute atomic E-state index is 15.8. The summed E-state index contributed by atoms with van der Waals surface area (Å²) in [5.74, 6) is -1.54. The SMILES string of the molecule is CC(C)(C)c1cc(OCCCP(O)(=S)CCCOc2cc(C(C)(C)C)c(Oc3ccc(C4CCCCC4)c(F)c3F)c(C(C)(C)C)c2)cc(C(C)(C)C)c1Oc1ccc(C2CCCCC2)c(F)c1F. The molecule has 0 heterocycles. The molecular weight excluding hydrogens is 916 g/mol. The van der Waals surface area contributed by atoms with Gasteiger partial charge in [0.2, 0.25) is 11.6 Å². The van der Waals surface area contributed by atoms with Crippen LogP contribution in [0.15, 0.2) is 48.5 Å². The molecule has 6 rings (SSSR count). The average molecular weight is 995 g/mol. The highest BCUT2D eigenvalue weighted by Gasteiger charge is 2.33. The predicted octanol–water partition coefficient (Wildman–Crippen LogP) is 17.7. The minimum atomic E-state index is -2.72. The zero-order chi connectivity index (χ0) is 50.7. The van der Waals surface area contributed by atoms with E-state index in [1.165, 1.54) is 0 Å². The molecule has 0 bridgehead atoms. The van der Waals surface area contributed by atoms with Crippen molar-refractivity contribution in [3.63, 3.8) is 0 Å². The standard InChI is InChI=1S/C58H79F4O5PS/c1-55(2,3)43-33-39(34-44(56(4,5)6)53(43)66-47-27-25-41(49(59)51(47)61)37-21-15-13-16-22-37)64-29-19-31-68(63,69)32-20-30-65-40-35-45(57(7,8)9)54(46(36-40)58(10,11)12)67-48-28-26-42(50(60)52(48)62)38-23-17-14-18-24-38/h25-28,33-38H,13-24,29-32H2,1-12H3,(H,63,69). The van der Waals surface area contributed by atoms with Crippen molar-refractivity contribution in [3.05, 3.63) is 105 Å².